The van der Waals surface area contributed by atoms with Gasteiger partial charge in [-0.2, -0.15) is 0 Å². The first-order valence-corrected chi connectivity index (χ1v) is 5.84. The number of aliphatic hydroxyl groups is 3. The normalized spacial score (nSPS) is 11.5. The van der Waals surface area contributed by atoms with Crippen LogP contribution in [-0.2, 0) is 0 Å². The topological polar surface area (TPSA) is 60.7 Å². The van der Waals surface area contributed by atoms with Gasteiger partial charge in [-0.15, -0.1) is 0 Å². The molecular weight excluding hydrogens is 216 g/mol. The number of unbranched alkanes of at least 4 members (excludes halogenated alkanes) is 2. The molecule has 1 atom stereocenters. The first-order valence-electron chi connectivity index (χ1n) is 5.84. The highest BCUT2D eigenvalue weighted by molar-refractivity contribution is 5.30. The zero-order valence-corrected chi connectivity index (χ0v) is 10.0. The van der Waals surface area contributed by atoms with E-state index in [4.69, 9.17) is 10.2 Å². The average molecular weight is 236 g/mol. The largest absolute Gasteiger partial charge is 0.396 e. The molecular formula is C14H20O3. The molecule has 0 saturated carbocycles. The van der Waals surface area contributed by atoms with Crippen molar-refractivity contribution in [1.29, 1.82) is 0 Å². The molecule has 0 aliphatic heterocycles. The summed E-state index contributed by atoms with van der Waals surface area (Å²) < 4.78 is 0. The highest BCUT2D eigenvalue weighted by Gasteiger charge is 2.01. The van der Waals surface area contributed by atoms with Gasteiger partial charge in [0.25, 0.3) is 0 Å². The summed E-state index contributed by atoms with van der Waals surface area (Å²) in [4.78, 5) is 0. The molecule has 0 aliphatic carbocycles. The van der Waals surface area contributed by atoms with Crippen molar-refractivity contribution in [3.63, 3.8) is 0 Å². The Bertz CT molecular complexity index is 312. The fourth-order valence-corrected chi connectivity index (χ4v) is 1.18. The molecule has 0 fully saturated rings. The van der Waals surface area contributed by atoms with Gasteiger partial charge in [0.2, 0.25) is 0 Å². The molecule has 0 saturated heterocycles. The quantitative estimate of drug-likeness (QED) is 0.453. The summed E-state index contributed by atoms with van der Waals surface area (Å²) in [6.07, 6.45) is 6.51. The van der Waals surface area contributed by atoms with Gasteiger partial charge < -0.3 is 15.3 Å². The highest BCUT2D eigenvalue weighted by Crippen LogP contribution is 2.05. The third-order valence-corrected chi connectivity index (χ3v) is 2.08. The van der Waals surface area contributed by atoms with E-state index < -0.39 is 6.10 Å². The van der Waals surface area contributed by atoms with Crippen LogP contribution in [0.4, 0.5) is 0 Å². The van der Waals surface area contributed by atoms with E-state index >= 15 is 0 Å². The molecule has 0 spiro atoms. The van der Waals surface area contributed by atoms with Gasteiger partial charge in [0, 0.05) is 13.0 Å². The van der Waals surface area contributed by atoms with Crippen LogP contribution in [-0.4, -0.2) is 34.6 Å². The van der Waals surface area contributed by atoms with Crippen molar-refractivity contribution < 1.29 is 15.3 Å². The van der Waals surface area contributed by atoms with Crippen molar-refractivity contribution in [3.8, 4) is 23.7 Å². The van der Waals surface area contributed by atoms with Gasteiger partial charge in [-0.05, 0) is 43.6 Å². The summed E-state index contributed by atoms with van der Waals surface area (Å²) in [6, 6.07) is 0. The predicted molar refractivity (Wildman–Crippen MR) is 68.0 cm³/mol. The van der Waals surface area contributed by atoms with E-state index in [0.29, 0.717) is 12.8 Å². The predicted octanol–water partition coefficient (Wildman–Crippen LogP) is 0.845. The molecule has 0 radical (unpaired) electrons. The summed E-state index contributed by atoms with van der Waals surface area (Å²) in [5.74, 6) is 11.0. The van der Waals surface area contributed by atoms with Crippen molar-refractivity contribution in [3.05, 3.63) is 12.2 Å². The van der Waals surface area contributed by atoms with Gasteiger partial charge in [-0.25, -0.2) is 0 Å². The molecule has 0 rings (SSSR count). The third-order valence-electron chi connectivity index (χ3n) is 2.08. The Hall–Kier alpha value is -1.26. The van der Waals surface area contributed by atoms with E-state index in [1.54, 1.807) is 12.2 Å². The fraction of sp³-hybridized carbons (Fsp3) is 0.571. The number of aliphatic hydroxyl groups excluding tert-OH is 3. The molecule has 3 heteroatoms. The van der Waals surface area contributed by atoms with E-state index in [1.165, 1.54) is 0 Å². The summed E-state index contributed by atoms with van der Waals surface area (Å²) in [7, 11) is 0. The van der Waals surface area contributed by atoms with Crippen LogP contribution < -0.4 is 0 Å². The van der Waals surface area contributed by atoms with Gasteiger partial charge in [0.05, 0.1) is 12.7 Å². The van der Waals surface area contributed by atoms with Crippen molar-refractivity contribution in [2.24, 2.45) is 0 Å². The van der Waals surface area contributed by atoms with Crippen LogP contribution in [0.3, 0.4) is 0 Å². The first kappa shape index (κ1) is 15.7. The second kappa shape index (κ2) is 12.8. The van der Waals surface area contributed by atoms with E-state index in [-0.39, 0.29) is 13.2 Å². The Morgan fingerprint density at radius 2 is 1.88 bits per heavy atom. The van der Waals surface area contributed by atoms with Crippen LogP contribution >= 0.6 is 0 Å². The SMILES string of the molecule is OC/C=C/C#CC#CCCCC[C@@H](O)CCO. The van der Waals surface area contributed by atoms with Gasteiger partial charge in [-0.3, -0.25) is 0 Å². The highest BCUT2D eigenvalue weighted by atomic mass is 16.3. The maximum absolute atomic E-state index is 9.33. The Labute approximate surface area is 103 Å². The molecule has 0 bridgehead atoms. The van der Waals surface area contributed by atoms with Crippen LogP contribution in [0.5, 0.6) is 0 Å². The van der Waals surface area contributed by atoms with Gasteiger partial charge in [-0.1, -0.05) is 17.9 Å². The van der Waals surface area contributed by atoms with E-state index in [1.807, 2.05) is 0 Å². The van der Waals surface area contributed by atoms with E-state index in [2.05, 4.69) is 23.7 Å². The Kier molecular flexibility index (Phi) is 11.9. The van der Waals surface area contributed by atoms with Crippen LogP contribution in [0.1, 0.15) is 32.1 Å². The molecule has 0 aromatic heterocycles. The lowest BCUT2D eigenvalue weighted by atomic mass is 10.1. The van der Waals surface area contributed by atoms with E-state index in [0.717, 1.165) is 19.3 Å². The van der Waals surface area contributed by atoms with Gasteiger partial charge in [0.1, 0.15) is 0 Å². The van der Waals surface area contributed by atoms with Crippen molar-refractivity contribution >= 4 is 0 Å². The van der Waals surface area contributed by atoms with E-state index in [9.17, 15) is 5.11 Å². The maximum Gasteiger partial charge on any atom is 0.0621 e. The molecule has 0 aromatic carbocycles. The lowest BCUT2D eigenvalue weighted by Crippen LogP contribution is -2.08. The Morgan fingerprint density at radius 3 is 2.59 bits per heavy atom. The summed E-state index contributed by atoms with van der Waals surface area (Å²) in [5.41, 5.74) is 0. The zero-order valence-electron chi connectivity index (χ0n) is 10.0. The lowest BCUT2D eigenvalue weighted by molar-refractivity contribution is 0.122. The summed E-state index contributed by atoms with van der Waals surface area (Å²) in [6.45, 7) is 0.0379. The van der Waals surface area contributed by atoms with Crippen molar-refractivity contribution in [2.75, 3.05) is 13.2 Å². The number of hydrogen-bond acceptors (Lipinski definition) is 3. The number of allylic oxidation sites excluding steroid dienone is 1. The van der Waals surface area contributed by atoms with Crippen LogP contribution in [0, 0.1) is 23.7 Å². The molecule has 94 valence electrons. The Morgan fingerprint density at radius 1 is 1.06 bits per heavy atom. The molecule has 0 aliphatic rings. The first-order chi connectivity index (χ1) is 8.31. The molecule has 3 N–H and O–H groups in total. The van der Waals surface area contributed by atoms with Gasteiger partial charge >= 0.3 is 0 Å². The fourth-order valence-electron chi connectivity index (χ4n) is 1.18. The maximum atomic E-state index is 9.33. The number of rotatable bonds is 7. The molecule has 0 unspecified atom stereocenters. The smallest absolute Gasteiger partial charge is 0.0621 e. The average Bonchev–Trinajstić information content (AvgIpc) is 2.32. The van der Waals surface area contributed by atoms with Crippen LogP contribution in [0.25, 0.3) is 0 Å². The third kappa shape index (κ3) is 12.7. The zero-order chi connectivity index (χ0) is 12.8. The molecule has 17 heavy (non-hydrogen) atoms. The second-order valence-electron chi connectivity index (χ2n) is 3.57. The van der Waals surface area contributed by atoms with Crippen molar-refractivity contribution in [1.82, 2.24) is 0 Å². The molecule has 0 heterocycles. The minimum absolute atomic E-state index is 0.00171. The monoisotopic (exact) mass is 236 g/mol. The summed E-state index contributed by atoms with van der Waals surface area (Å²) >= 11 is 0. The molecule has 0 amide bonds. The second-order valence-corrected chi connectivity index (χ2v) is 3.57. The molecule has 3 nitrogen and oxygen atoms in total. The summed E-state index contributed by atoms with van der Waals surface area (Å²) in [5, 5.41) is 26.3. The minimum Gasteiger partial charge on any atom is -0.396 e. The standard InChI is InChI=1S/C14H20O3/c15-12-9-7-5-3-1-2-4-6-8-10-14(17)11-13-16/h7,9,14-17H,4,6,8,10-13H2/b9-7+/t14-/m1/s1. The minimum atomic E-state index is -0.392. The van der Waals surface area contributed by atoms with Crippen LogP contribution in [0.2, 0.25) is 0 Å². The molecule has 0 aromatic rings. The van der Waals surface area contributed by atoms with Crippen LogP contribution in [0.15, 0.2) is 12.2 Å². The van der Waals surface area contributed by atoms with Gasteiger partial charge in [0.15, 0.2) is 0 Å². The number of hydrogen-bond donors (Lipinski definition) is 3. The lowest BCUT2D eigenvalue weighted by Gasteiger charge is -2.06. The Balaban J connectivity index is 3.47. The van der Waals surface area contributed by atoms with Crippen molar-refractivity contribution in [2.45, 2.75) is 38.2 Å².